The number of anilines is 1. The molecule has 0 spiro atoms. The van der Waals surface area contributed by atoms with Crippen molar-refractivity contribution in [2.75, 3.05) is 11.4 Å². The van der Waals surface area contributed by atoms with Gasteiger partial charge < -0.3 is 4.90 Å². The van der Waals surface area contributed by atoms with Gasteiger partial charge in [-0.1, -0.05) is 48.0 Å². The fraction of sp³-hybridized carbons (Fsp3) is 0.174. The lowest BCUT2D eigenvalue weighted by Crippen LogP contribution is -2.36. The number of aromatic nitrogens is 2. The van der Waals surface area contributed by atoms with Gasteiger partial charge in [0, 0.05) is 11.9 Å². The molecule has 0 bridgehead atoms. The zero-order valence-electron chi connectivity index (χ0n) is 15.9. The van der Waals surface area contributed by atoms with Gasteiger partial charge >= 0.3 is 0 Å². The minimum atomic E-state index is -0.198. The van der Waals surface area contributed by atoms with E-state index in [2.05, 4.69) is 4.98 Å². The van der Waals surface area contributed by atoms with Crippen LogP contribution in [0, 0.1) is 6.92 Å². The topological polar surface area (TPSA) is 55.2 Å². The highest BCUT2D eigenvalue weighted by atomic mass is 16.2. The van der Waals surface area contributed by atoms with E-state index in [1.807, 2.05) is 74.5 Å². The number of carbonyl (C=O) groups is 1. The maximum atomic E-state index is 13.1. The Kier molecular flexibility index (Phi) is 4.65. The van der Waals surface area contributed by atoms with E-state index < -0.39 is 0 Å². The van der Waals surface area contributed by atoms with Gasteiger partial charge in [0.1, 0.15) is 6.54 Å². The number of carbonyl (C=O) groups excluding carboxylic acids is 1. The lowest BCUT2D eigenvalue weighted by molar-refractivity contribution is -0.119. The molecule has 0 aliphatic rings. The second kappa shape index (κ2) is 7.27. The van der Waals surface area contributed by atoms with E-state index in [9.17, 15) is 9.59 Å². The summed E-state index contributed by atoms with van der Waals surface area (Å²) in [4.78, 5) is 32.0. The van der Waals surface area contributed by atoms with E-state index in [1.165, 1.54) is 10.9 Å². The van der Waals surface area contributed by atoms with Gasteiger partial charge in [0.2, 0.25) is 5.91 Å². The van der Waals surface area contributed by atoms with E-state index in [0.717, 1.165) is 22.0 Å². The number of aryl methyl sites for hydroxylation is 1. The van der Waals surface area contributed by atoms with Crippen LogP contribution < -0.4 is 10.5 Å². The maximum absolute atomic E-state index is 13.1. The Morgan fingerprint density at radius 2 is 1.82 bits per heavy atom. The molecule has 1 heterocycles. The smallest absolute Gasteiger partial charge is 0.261 e. The average molecular weight is 371 g/mol. The van der Waals surface area contributed by atoms with Crippen molar-refractivity contribution >= 4 is 33.3 Å². The second-order valence-electron chi connectivity index (χ2n) is 6.83. The molecule has 5 heteroatoms. The van der Waals surface area contributed by atoms with Crippen molar-refractivity contribution in [3.8, 4) is 0 Å². The minimum absolute atomic E-state index is 0.0488. The highest BCUT2D eigenvalue weighted by molar-refractivity contribution is 6.03. The molecule has 0 unspecified atom stereocenters. The molecule has 0 aliphatic carbocycles. The zero-order chi connectivity index (χ0) is 19.7. The lowest BCUT2D eigenvalue weighted by atomic mass is 10.1. The van der Waals surface area contributed by atoms with Gasteiger partial charge in [0.15, 0.2) is 0 Å². The summed E-state index contributed by atoms with van der Waals surface area (Å²) < 4.78 is 1.39. The molecule has 3 aromatic carbocycles. The highest BCUT2D eigenvalue weighted by Gasteiger charge is 2.18. The molecule has 0 saturated heterocycles. The van der Waals surface area contributed by atoms with Gasteiger partial charge in [-0.15, -0.1) is 0 Å². The summed E-state index contributed by atoms with van der Waals surface area (Å²) in [5, 5.41) is 2.62. The summed E-state index contributed by atoms with van der Waals surface area (Å²) in [6, 6.07) is 19.4. The number of hydrogen-bond donors (Lipinski definition) is 0. The fourth-order valence-corrected chi connectivity index (χ4v) is 3.54. The number of rotatable bonds is 4. The normalized spacial score (nSPS) is 11.1. The molecule has 4 aromatic rings. The molecule has 140 valence electrons. The second-order valence-corrected chi connectivity index (χ2v) is 6.83. The SMILES string of the molecule is CCN(C(=O)Cn1cnc2ccc(C)cc2c1=O)c1cccc2ccccc12. The molecule has 4 rings (SSSR count). The van der Waals surface area contributed by atoms with Crippen LogP contribution in [0.3, 0.4) is 0 Å². The molecule has 5 nitrogen and oxygen atoms in total. The minimum Gasteiger partial charge on any atom is -0.311 e. The number of benzene rings is 3. The fourth-order valence-electron chi connectivity index (χ4n) is 3.54. The van der Waals surface area contributed by atoms with E-state index in [1.54, 1.807) is 4.90 Å². The average Bonchev–Trinajstić information content (AvgIpc) is 2.71. The zero-order valence-corrected chi connectivity index (χ0v) is 15.9. The molecule has 0 aliphatic heterocycles. The first-order valence-corrected chi connectivity index (χ1v) is 9.32. The summed E-state index contributed by atoms with van der Waals surface area (Å²) in [7, 11) is 0. The summed E-state index contributed by atoms with van der Waals surface area (Å²) in [5.41, 5.74) is 2.28. The molecule has 1 amide bonds. The van der Waals surface area contributed by atoms with Gasteiger partial charge in [-0.2, -0.15) is 0 Å². The van der Waals surface area contributed by atoms with Crippen molar-refractivity contribution in [3.05, 3.63) is 82.9 Å². The molecule has 28 heavy (non-hydrogen) atoms. The first kappa shape index (κ1) is 17.9. The maximum Gasteiger partial charge on any atom is 0.261 e. The van der Waals surface area contributed by atoms with Crippen LogP contribution in [0.1, 0.15) is 12.5 Å². The van der Waals surface area contributed by atoms with Gasteiger partial charge in [-0.25, -0.2) is 4.98 Å². The van der Waals surface area contributed by atoms with Crippen LogP contribution in [0.25, 0.3) is 21.7 Å². The number of nitrogens with zero attached hydrogens (tertiary/aromatic N) is 3. The van der Waals surface area contributed by atoms with Crippen LogP contribution in [-0.4, -0.2) is 22.0 Å². The summed E-state index contributed by atoms with van der Waals surface area (Å²) in [5.74, 6) is -0.144. The molecule has 0 fully saturated rings. The molecule has 1 aromatic heterocycles. The number of hydrogen-bond acceptors (Lipinski definition) is 3. The quantitative estimate of drug-likeness (QED) is 0.546. The predicted molar refractivity (Wildman–Crippen MR) is 113 cm³/mol. The molecular weight excluding hydrogens is 350 g/mol. The molecule has 0 N–H and O–H groups in total. The van der Waals surface area contributed by atoms with Crippen LogP contribution >= 0.6 is 0 Å². The third-order valence-electron chi connectivity index (χ3n) is 4.96. The van der Waals surface area contributed by atoms with E-state index >= 15 is 0 Å². The number of amides is 1. The Balaban J connectivity index is 1.71. The van der Waals surface area contributed by atoms with Gasteiger partial charge in [0.25, 0.3) is 5.56 Å². The van der Waals surface area contributed by atoms with Crippen molar-refractivity contribution in [1.82, 2.24) is 9.55 Å². The van der Waals surface area contributed by atoms with E-state index in [0.29, 0.717) is 17.4 Å². The molecular formula is C23H21N3O2. The predicted octanol–water partition coefficient (Wildman–Crippen LogP) is 3.91. The largest absolute Gasteiger partial charge is 0.311 e. The first-order chi connectivity index (χ1) is 13.6. The Morgan fingerprint density at radius 1 is 1.04 bits per heavy atom. The van der Waals surface area contributed by atoms with E-state index in [-0.39, 0.29) is 18.0 Å². The van der Waals surface area contributed by atoms with Crippen molar-refractivity contribution < 1.29 is 4.79 Å². The molecule has 0 radical (unpaired) electrons. The third kappa shape index (κ3) is 3.16. The number of likely N-dealkylation sites (N-methyl/N-ethyl adjacent to an activating group) is 1. The summed E-state index contributed by atoms with van der Waals surface area (Å²) in [6.45, 7) is 4.33. The molecule has 0 atom stereocenters. The van der Waals surface area contributed by atoms with Crippen molar-refractivity contribution in [1.29, 1.82) is 0 Å². The Morgan fingerprint density at radius 3 is 2.64 bits per heavy atom. The number of fused-ring (bicyclic) bond motifs is 2. The summed E-state index contributed by atoms with van der Waals surface area (Å²) >= 11 is 0. The van der Waals surface area contributed by atoms with Gasteiger partial charge in [0.05, 0.1) is 22.9 Å². The van der Waals surface area contributed by atoms with Crippen LogP contribution in [0.2, 0.25) is 0 Å². The standard InChI is InChI=1S/C23H21N3O2/c1-3-26(21-10-6-8-17-7-4-5-9-18(17)21)22(27)14-25-15-24-20-12-11-16(2)13-19(20)23(25)28/h4-13,15H,3,14H2,1-2H3. The van der Waals surface area contributed by atoms with Crippen molar-refractivity contribution in [2.45, 2.75) is 20.4 Å². The van der Waals surface area contributed by atoms with Crippen LogP contribution in [0.4, 0.5) is 5.69 Å². The van der Waals surface area contributed by atoms with Crippen LogP contribution in [0.5, 0.6) is 0 Å². The van der Waals surface area contributed by atoms with E-state index in [4.69, 9.17) is 0 Å². The van der Waals surface area contributed by atoms with Crippen LogP contribution in [-0.2, 0) is 11.3 Å². The van der Waals surface area contributed by atoms with Crippen LogP contribution in [0.15, 0.2) is 71.8 Å². The van der Waals surface area contributed by atoms with Crippen molar-refractivity contribution in [2.24, 2.45) is 0 Å². The molecule has 0 saturated carbocycles. The van der Waals surface area contributed by atoms with Gasteiger partial charge in [-0.3, -0.25) is 14.2 Å². The Bertz CT molecular complexity index is 1240. The Hall–Kier alpha value is -3.47. The summed E-state index contributed by atoms with van der Waals surface area (Å²) in [6.07, 6.45) is 1.45. The van der Waals surface area contributed by atoms with Crippen molar-refractivity contribution in [3.63, 3.8) is 0 Å². The van der Waals surface area contributed by atoms with Gasteiger partial charge in [-0.05, 0) is 37.4 Å². The highest BCUT2D eigenvalue weighted by Crippen LogP contribution is 2.26. The monoisotopic (exact) mass is 371 g/mol. The lowest BCUT2D eigenvalue weighted by Gasteiger charge is -2.23. The Labute approximate surface area is 162 Å². The first-order valence-electron chi connectivity index (χ1n) is 9.32. The third-order valence-corrected chi connectivity index (χ3v) is 4.96.